The van der Waals surface area contributed by atoms with Gasteiger partial charge in [0.2, 0.25) is 0 Å². The fourth-order valence-corrected chi connectivity index (χ4v) is 4.29. The summed E-state index contributed by atoms with van der Waals surface area (Å²) in [6.45, 7) is 4.46. The van der Waals surface area contributed by atoms with E-state index < -0.39 is 6.09 Å². The minimum atomic E-state index is -0.494. The zero-order valence-corrected chi connectivity index (χ0v) is 21.0. The van der Waals surface area contributed by atoms with E-state index in [0.29, 0.717) is 25.4 Å². The van der Waals surface area contributed by atoms with Crippen molar-refractivity contribution in [2.45, 2.75) is 27.9 Å². The Morgan fingerprint density at radius 2 is 1.48 bits per heavy atom. The Hall–Kier alpha value is -4.87. The number of rotatable bonds is 5. The van der Waals surface area contributed by atoms with E-state index in [4.69, 9.17) is 15.2 Å². The minimum absolute atomic E-state index is 0. The van der Waals surface area contributed by atoms with E-state index in [2.05, 4.69) is 39.8 Å². The first-order chi connectivity index (χ1) is 18.6. The number of aromatic amines is 2. The van der Waals surface area contributed by atoms with Crippen LogP contribution in [0.1, 0.15) is 26.2 Å². The molecule has 2 aromatic carbocycles. The van der Waals surface area contributed by atoms with Crippen molar-refractivity contribution in [2.75, 3.05) is 54.3 Å². The molecule has 2 aliphatic rings. The molecule has 12 heteroatoms. The number of nitrogens with one attached hydrogen (secondary N) is 3. The molecule has 5 N–H and O–H groups in total. The fraction of sp³-hybridized carbons (Fsp3) is 0.321. The number of hydrogen-bond donors (Lipinski definition) is 4. The zero-order valence-electron chi connectivity index (χ0n) is 21.0. The van der Waals surface area contributed by atoms with E-state index in [1.165, 1.54) is 7.11 Å². The lowest BCUT2D eigenvalue weighted by Crippen LogP contribution is -2.32. The number of nitrogen functional groups attached to an aromatic ring is 1. The van der Waals surface area contributed by atoms with Gasteiger partial charge in [-0.1, -0.05) is 14.9 Å². The number of carbonyl (C=O) groups excluding carboxylic acids is 1. The van der Waals surface area contributed by atoms with Gasteiger partial charge in [0.1, 0.15) is 24.7 Å². The molecule has 0 aliphatic carbocycles. The Bertz CT molecular complexity index is 1340. The highest BCUT2D eigenvalue weighted by molar-refractivity contribution is 5.86. The van der Waals surface area contributed by atoms with Gasteiger partial charge in [0.05, 0.1) is 68.7 Å². The Balaban J connectivity index is 0.000000214. The first-order valence-electron chi connectivity index (χ1n) is 12.2. The Kier molecular flexibility index (Phi) is 10.2. The van der Waals surface area contributed by atoms with E-state index >= 15 is 0 Å². The van der Waals surface area contributed by atoms with Gasteiger partial charge in [0, 0.05) is 23.8 Å². The molecule has 214 valence electrons. The summed E-state index contributed by atoms with van der Waals surface area (Å²) in [4.78, 5) is 30.0. The molecule has 4 heterocycles. The van der Waals surface area contributed by atoms with Crippen LogP contribution >= 0.6 is 0 Å². The Morgan fingerprint density at radius 3 is 2.00 bits per heavy atom. The molecule has 0 unspecified atom stereocenters. The number of imidazole rings is 2. The molecule has 0 saturated heterocycles. The lowest BCUT2D eigenvalue weighted by atomic mass is 10.2. The van der Waals surface area contributed by atoms with Crippen LogP contribution in [0.15, 0.2) is 61.4 Å². The first-order valence-corrected chi connectivity index (χ1v) is 12.2. The number of carbonyl (C=O) groups is 1. The van der Waals surface area contributed by atoms with E-state index in [1.807, 2.05) is 36.5 Å². The van der Waals surface area contributed by atoms with Crippen molar-refractivity contribution in [3.8, 4) is 11.5 Å². The standard InChI is InChI=1S/C14H16N4O3.C12H14N4O.2CH4/c1-20-14(19)17-10-2-3-13-12(6-10)18(4-5-21-13)8-11-7-15-9-16-11;13-9-1-2-12-11(5-9)16(3-4-17-12)7-10-6-14-8-15-10;;/h2-3,6-7,9H,4-5,8H2,1H3,(H,15,16)(H,17,19);1-2,5-6,8H,3-4,7,13H2,(H,14,15);2*1H4. The average molecular weight is 551 g/mol. The third-order valence-electron chi connectivity index (χ3n) is 6.12. The molecule has 12 nitrogen and oxygen atoms in total. The molecule has 0 radical (unpaired) electrons. The number of H-pyrrole nitrogens is 2. The van der Waals surface area contributed by atoms with Crippen LogP contribution < -0.4 is 30.3 Å². The van der Waals surface area contributed by atoms with Crippen LogP contribution in [0.25, 0.3) is 0 Å². The van der Waals surface area contributed by atoms with Gasteiger partial charge in [-0.2, -0.15) is 0 Å². The highest BCUT2D eigenvalue weighted by atomic mass is 16.5. The van der Waals surface area contributed by atoms with Crippen molar-refractivity contribution in [2.24, 2.45) is 0 Å². The van der Waals surface area contributed by atoms with Crippen LogP contribution in [0, 0.1) is 0 Å². The van der Waals surface area contributed by atoms with Gasteiger partial charge in [-0.05, 0) is 36.4 Å². The van der Waals surface area contributed by atoms with Crippen LogP contribution in [0.5, 0.6) is 11.5 Å². The van der Waals surface area contributed by atoms with Gasteiger partial charge >= 0.3 is 6.09 Å². The molecule has 0 saturated carbocycles. The number of fused-ring (bicyclic) bond motifs is 2. The van der Waals surface area contributed by atoms with Gasteiger partial charge in [-0.25, -0.2) is 14.8 Å². The second kappa shape index (κ2) is 13.8. The van der Waals surface area contributed by atoms with Crippen molar-refractivity contribution >= 4 is 28.8 Å². The van der Waals surface area contributed by atoms with Gasteiger partial charge in [0.25, 0.3) is 0 Å². The molecule has 2 aromatic heterocycles. The summed E-state index contributed by atoms with van der Waals surface area (Å²) in [5.41, 5.74) is 11.3. The number of nitrogens with zero attached hydrogens (tertiary/aromatic N) is 4. The molecule has 40 heavy (non-hydrogen) atoms. The first kappa shape index (κ1) is 29.7. The third kappa shape index (κ3) is 7.16. The summed E-state index contributed by atoms with van der Waals surface area (Å²) in [5, 5.41) is 2.66. The largest absolute Gasteiger partial charge is 0.490 e. The predicted octanol–water partition coefficient (Wildman–Crippen LogP) is 4.65. The van der Waals surface area contributed by atoms with Crippen LogP contribution in [0.4, 0.5) is 27.5 Å². The lowest BCUT2D eigenvalue weighted by molar-refractivity contribution is 0.187. The van der Waals surface area contributed by atoms with Gasteiger partial charge < -0.3 is 39.7 Å². The summed E-state index contributed by atoms with van der Waals surface area (Å²) < 4.78 is 15.9. The second-order valence-corrected chi connectivity index (χ2v) is 8.72. The topological polar surface area (TPSA) is 147 Å². The zero-order chi connectivity index (χ0) is 26.3. The summed E-state index contributed by atoms with van der Waals surface area (Å²) in [5.74, 6) is 1.70. The van der Waals surface area contributed by atoms with Gasteiger partial charge in [-0.3, -0.25) is 5.32 Å². The maximum absolute atomic E-state index is 11.3. The van der Waals surface area contributed by atoms with Crippen molar-refractivity contribution in [3.63, 3.8) is 0 Å². The summed E-state index contributed by atoms with van der Waals surface area (Å²) in [7, 11) is 1.33. The lowest BCUT2D eigenvalue weighted by Gasteiger charge is -2.31. The molecule has 0 spiro atoms. The number of ether oxygens (including phenoxy) is 3. The smallest absolute Gasteiger partial charge is 0.411 e. The Morgan fingerprint density at radius 1 is 0.925 bits per heavy atom. The van der Waals surface area contributed by atoms with Crippen molar-refractivity contribution in [1.82, 2.24) is 19.9 Å². The minimum Gasteiger partial charge on any atom is -0.490 e. The van der Waals surface area contributed by atoms with Gasteiger partial charge in [0.15, 0.2) is 0 Å². The maximum atomic E-state index is 11.3. The van der Waals surface area contributed by atoms with Crippen LogP contribution in [-0.4, -0.2) is 59.4 Å². The molecule has 4 aromatic rings. The molecule has 1 amide bonds. The molecule has 6 rings (SSSR count). The molecule has 2 aliphatic heterocycles. The monoisotopic (exact) mass is 550 g/mol. The number of amides is 1. The highest BCUT2D eigenvalue weighted by Gasteiger charge is 2.20. The quantitative estimate of drug-likeness (QED) is 0.261. The summed E-state index contributed by atoms with van der Waals surface area (Å²) in [6.07, 6.45) is 6.49. The highest BCUT2D eigenvalue weighted by Crippen LogP contribution is 2.35. The van der Waals surface area contributed by atoms with Crippen LogP contribution in [-0.2, 0) is 17.8 Å². The normalized spacial score (nSPS) is 13.0. The third-order valence-corrected chi connectivity index (χ3v) is 6.12. The fourth-order valence-electron chi connectivity index (χ4n) is 4.29. The SMILES string of the molecule is C.C.COC(=O)Nc1ccc2c(c1)N(Cc1cnc[nH]1)CCO2.Nc1ccc2c(c1)N(Cc1cnc[nH]1)CCO2. The Labute approximate surface area is 234 Å². The van der Waals surface area contributed by atoms with E-state index in [9.17, 15) is 4.79 Å². The van der Waals surface area contributed by atoms with Crippen LogP contribution in [0.2, 0.25) is 0 Å². The van der Waals surface area contributed by atoms with Crippen molar-refractivity contribution in [3.05, 3.63) is 72.8 Å². The van der Waals surface area contributed by atoms with Crippen LogP contribution in [0.3, 0.4) is 0 Å². The molecular weight excluding hydrogens is 512 g/mol. The van der Waals surface area contributed by atoms with E-state index in [0.717, 1.165) is 59.6 Å². The number of benzene rings is 2. The second-order valence-electron chi connectivity index (χ2n) is 8.72. The maximum Gasteiger partial charge on any atom is 0.411 e. The van der Waals surface area contributed by atoms with E-state index in [-0.39, 0.29) is 14.9 Å². The molecule has 0 bridgehead atoms. The number of hydrogen-bond acceptors (Lipinski definition) is 9. The van der Waals surface area contributed by atoms with E-state index in [1.54, 1.807) is 24.9 Å². The number of nitrogens with two attached hydrogens (primary N) is 1. The predicted molar refractivity (Wildman–Crippen MR) is 157 cm³/mol. The molecular formula is C28H38N8O4. The average Bonchev–Trinajstić information content (AvgIpc) is 3.64. The van der Waals surface area contributed by atoms with Crippen molar-refractivity contribution in [1.29, 1.82) is 0 Å². The number of methoxy groups -OCH3 is 1. The van der Waals surface area contributed by atoms with Gasteiger partial charge in [-0.15, -0.1) is 0 Å². The number of anilines is 4. The molecule has 0 fully saturated rings. The summed E-state index contributed by atoms with van der Waals surface area (Å²) in [6, 6.07) is 11.2. The molecule has 0 atom stereocenters. The summed E-state index contributed by atoms with van der Waals surface area (Å²) >= 11 is 0. The number of aromatic nitrogens is 4. The van der Waals surface area contributed by atoms with Crippen molar-refractivity contribution < 1.29 is 19.0 Å².